The van der Waals surface area contributed by atoms with E-state index in [0.29, 0.717) is 29.3 Å². The van der Waals surface area contributed by atoms with E-state index in [2.05, 4.69) is 26.9 Å². The van der Waals surface area contributed by atoms with Crippen molar-refractivity contribution in [1.82, 2.24) is 19.5 Å². The molecule has 3 rings (SSSR count). The standard InChI is InChI=1S/C18H26BN6O4PS2/c1-11(4-5-20)30(26)28-7-13-12(27-10-31-32-18(2,3)19)6-14(29-13)25-9-24-15-16(21)22-8-23-17(15)25/h8-9,11-14,26H,6-7,10,20H2,1-3H3,(H2,21,22,23)/t11?,12-,13?,14-,30?/m1/s1. The van der Waals surface area contributed by atoms with Crippen LogP contribution in [0.3, 0.4) is 0 Å². The van der Waals surface area contributed by atoms with Crippen molar-refractivity contribution in [2.75, 3.05) is 18.3 Å². The average molecular weight is 496 g/mol. The van der Waals surface area contributed by atoms with Crippen molar-refractivity contribution in [2.45, 2.75) is 55.9 Å². The van der Waals surface area contributed by atoms with Gasteiger partial charge >= 0.3 is 0 Å². The number of anilines is 1. The molecule has 172 valence electrons. The average Bonchev–Trinajstić information content (AvgIpc) is 3.33. The molecule has 3 unspecified atom stereocenters. The second-order valence-corrected chi connectivity index (χ2v) is 12.2. The van der Waals surface area contributed by atoms with Gasteiger partial charge in [-0.3, -0.25) is 4.57 Å². The van der Waals surface area contributed by atoms with Crippen LogP contribution >= 0.6 is 30.0 Å². The van der Waals surface area contributed by atoms with Crippen LogP contribution in [-0.4, -0.2) is 67.3 Å². The van der Waals surface area contributed by atoms with Crippen molar-refractivity contribution < 1.29 is 18.9 Å². The minimum Gasteiger partial charge on any atom is -0.382 e. The van der Waals surface area contributed by atoms with Crippen LogP contribution in [0.1, 0.15) is 33.4 Å². The molecule has 0 aliphatic carbocycles. The molecule has 1 aliphatic heterocycles. The van der Waals surface area contributed by atoms with E-state index in [0.717, 1.165) is 0 Å². The number of hydrogen-bond donors (Lipinski definition) is 3. The highest BCUT2D eigenvalue weighted by Gasteiger charge is 2.39. The molecule has 1 saturated heterocycles. The molecular weight excluding hydrogens is 470 g/mol. The zero-order valence-electron chi connectivity index (χ0n) is 18.0. The van der Waals surface area contributed by atoms with E-state index in [1.165, 1.54) is 27.9 Å². The number of ether oxygens (including phenoxy) is 2. The molecule has 32 heavy (non-hydrogen) atoms. The van der Waals surface area contributed by atoms with E-state index in [1.54, 1.807) is 17.8 Å². The molecule has 3 heterocycles. The van der Waals surface area contributed by atoms with Crippen LogP contribution in [0.4, 0.5) is 5.82 Å². The highest BCUT2D eigenvalue weighted by Crippen LogP contribution is 2.41. The molecule has 14 heteroatoms. The summed E-state index contributed by atoms with van der Waals surface area (Å²) >= 11 is 0. The normalized spacial score (nSPS) is 23.1. The number of rotatable bonds is 10. The molecule has 2 aromatic heterocycles. The lowest BCUT2D eigenvalue weighted by Gasteiger charge is -2.22. The second-order valence-electron chi connectivity index (χ2n) is 7.64. The van der Waals surface area contributed by atoms with E-state index in [-0.39, 0.29) is 29.2 Å². The summed E-state index contributed by atoms with van der Waals surface area (Å²) in [5.41, 5.74) is 11.8. The van der Waals surface area contributed by atoms with Crippen LogP contribution in [0.25, 0.3) is 11.2 Å². The Hall–Kier alpha value is -1.26. The van der Waals surface area contributed by atoms with Gasteiger partial charge in [0.25, 0.3) is 0 Å². The van der Waals surface area contributed by atoms with Gasteiger partial charge in [-0.2, -0.15) is 0 Å². The summed E-state index contributed by atoms with van der Waals surface area (Å²) in [6, 6.07) is 2.30. The van der Waals surface area contributed by atoms with Crippen LogP contribution in [0.2, 0.25) is 0 Å². The summed E-state index contributed by atoms with van der Waals surface area (Å²) in [7, 11) is 7.29. The zero-order valence-corrected chi connectivity index (χ0v) is 20.6. The van der Waals surface area contributed by atoms with Crippen molar-refractivity contribution in [3.63, 3.8) is 0 Å². The molecule has 5 atom stereocenters. The molecule has 10 nitrogen and oxygen atoms in total. The lowest BCUT2D eigenvalue weighted by molar-refractivity contribution is -0.0482. The molecule has 0 bridgehead atoms. The summed E-state index contributed by atoms with van der Waals surface area (Å²) in [6.07, 6.45) is 2.49. The first-order valence-corrected chi connectivity index (χ1v) is 13.4. The van der Waals surface area contributed by atoms with Gasteiger partial charge in [0.05, 0.1) is 32.5 Å². The summed E-state index contributed by atoms with van der Waals surface area (Å²) in [6.45, 7) is 5.76. The first-order valence-electron chi connectivity index (χ1n) is 9.81. The summed E-state index contributed by atoms with van der Waals surface area (Å²) in [4.78, 5) is 22.8. The molecule has 1 fully saturated rings. The van der Waals surface area contributed by atoms with Gasteiger partial charge in [-0.1, -0.05) is 41.4 Å². The van der Waals surface area contributed by atoms with Gasteiger partial charge in [0.1, 0.15) is 30.1 Å². The van der Waals surface area contributed by atoms with E-state index in [4.69, 9.17) is 33.3 Å². The van der Waals surface area contributed by atoms with E-state index in [9.17, 15) is 4.89 Å². The lowest BCUT2D eigenvalue weighted by Crippen LogP contribution is -2.29. The maximum absolute atomic E-state index is 10.2. The fourth-order valence-electron chi connectivity index (χ4n) is 3.01. The molecule has 2 radical (unpaired) electrons. The van der Waals surface area contributed by atoms with Crippen molar-refractivity contribution in [2.24, 2.45) is 5.73 Å². The molecule has 5 N–H and O–H groups in total. The molecule has 2 aromatic rings. The molecular formula is C18H26BN6O4PS2. The molecule has 0 saturated carbocycles. The number of imidazole rings is 1. The first kappa shape index (κ1) is 25.4. The molecule has 0 spiro atoms. The summed E-state index contributed by atoms with van der Waals surface area (Å²) < 4.78 is 19.4. The maximum atomic E-state index is 10.2. The number of nitrogens with two attached hydrogens (primary N) is 2. The van der Waals surface area contributed by atoms with Gasteiger partial charge in [0, 0.05) is 12.5 Å². The van der Waals surface area contributed by atoms with Gasteiger partial charge in [-0.05, 0) is 11.6 Å². The van der Waals surface area contributed by atoms with E-state index in [1.807, 2.05) is 13.8 Å². The van der Waals surface area contributed by atoms with Crippen molar-refractivity contribution >= 4 is 54.8 Å². The van der Waals surface area contributed by atoms with E-state index >= 15 is 0 Å². The first-order chi connectivity index (χ1) is 15.2. The fourth-order valence-corrected chi connectivity index (χ4v) is 5.52. The monoisotopic (exact) mass is 496 g/mol. The summed E-state index contributed by atoms with van der Waals surface area (Å²) in [5, 5.41) is 0. The predicted octanol–water partition coefficient (Wildman–Crippen LogP) is 1.95. The van der Waals surface area contributed by atoms with Crippen LogP contribution in [-0.2, 0) is 14.0 Å². The van der Waals surface area contributed by atoms with Gasteiger partial charge < -0.3 is 30.4 Å². The zero-order chi connectivity index (χ0) is 23.3. The Kier molecular flexibility index (Phi) is 8.92. The van der Waals surface area contributed by atoms with Crippen molar-refractivity contribution in [3.8, 4) is 12.0 Å². The van der Waals surface area contributed by atoms with Crippen molar-refractivity contribution in [1.29, 1.82) is 0 Å². The van der Waals surface area contributed by atoms with Gasteiger partial charge in [0.15, 0.2) is 19.8 Å². The van der Waals surface area contributed by atoms with Crippen LogP contribution in [0.5, 0.6) is 0 Å². The Balaban J connectivity index is 1.69. The second kappa shape index (κ2) is 11.2. The summed E-state index contributed by atoms with van der Waals surface area (Å²) in [5.74, 6) is 3.42. The van der Waals surface area contributed by atoms with Crippen LogP contribution in [0, 0.1) is 12.0 Å². The predicted molar refractivity (Wildman–Crippen MR) is 130 cm³/mol. The smallest absolute Gasteiger partial charge is 0.183 e. The number of aromatic nitrogens is 4. The van der Waals surface area contributed by atoms with Crippen molar-refractivity contribution in [3.05, 3.63) is 12.7 Å². The van der Waals surface area contributed by atoms with Crippen LogP contribution < -0.4 is 11.5 Å². The SMILES string of the molecule is [B]C(C)(C)SSCO[C@@H]1C[C@H](n2cnc3c(N)ncnc32)OC1COP(O)C(C)C#CN. The Morgan fingerprint density at radius 2 is 2.25 bits per heavy atom. The third kappa shape index (κ3) is 6.64. The highest BCUT2D eigenvalue weighted by molar-refractivity contribution is 8.77. The topological polar surface area (TPSA) is 144 Å². The maximum Gasteiger partial charge on any atom is 0.183 e. The van der Waals surface area contributed by atoms with E-state index < -0.39 is 14.5 Å². The Morgan fingerprint density at radius 3 is 2.97 bits per heavy atom. The van der Waals surface area contributed by atoms with Crippen LogP contribution in [0.15, 0.2) is 12.7 Å². The third-order valence-electron chi connectivity index (χ3n) is 4.48. The molecule has 0 amide bonds. The number of hydrogen-bond acceptors (Lipinski definition) is 11. The Bertz CT molecular complexity index is 968. The van der Waals surface area contributed by atoms with Gasteiger partial charge in [0.2, 0.25) is 0 Å². The Morgan fingerprint density at radius 1 is 1.47 bits per heavy atom. The quantitative estimate of drug-likeness (QED) is 0.0845. The number of nitrogens with zero attached hydrogens (tertiary/aromatic N) is 4. The minimum absolute atomic E-state index is 0.143. The highest BCUT2D eigenvalue weighted by atomic mass is 33.1. The largest absolute Gasteiger partial charge is 0.382 e. The number of fused-ring (bicyclic) bond motifs is 1. The molecule has 0 aromatic carbocycles. The number of nitrogen functional groups attached to an aromatic ring is 1. The van der Waals surface area contributed by atoms with Gasteiger partial charge in [-0.25, -0.2) is 15.0 Å². The lowest BCUT2D eigenvalue weighted by atomic mass is 9.91. The fraction of sp³-hybridized carbons (Fsp3) is 0.611. The molecule has 1 aliphatic rings. The van der Waals surface area contributed by atoms with Gasteiger partial charge in [-0.15, -0.1) is 0 Å². The minimum atomic E-state index is -1.78. The third-order valence-corrected chi connectivity index (χ3v) is 8.39. The Labute approximate surface area is 197 Å².